The van der Waals surface area contributed by atoms with Crippen LogP contribution in [0.5, 0.6) is 5.75 Å². The van der Waals surface area contributed by atoms with E-state index in [0.717, 1.165) is 36.0 Å². The van der Waals surface area contributed by atoms with Crippen LogP contribution in [-0.2, 0) is 6.54 Å². The van der Waals surface area contributed by atoms with Gasteiger partial charge in [-0.1, -0.05) is 43.5 Å². The largest absolute Gasteiger partial charge is 0.494 e. The third-order valence-corrected chi connectivity index (χ3v) is 3.53. The number of halogens is 1. The lowest BCUT2D eigenvalue weighted by Gasteiger charge is -2.09. The molecule has 0 amide bonds. The van der Waals surface area contributed by atoms with Gasteiger partial charge in [0, 0.05) is 17.3 Å². The molecule has 0 aliphatic carbocycles. The minimum atomic E-state index is 0.755. The molecule has 0 radical (unpaired) electrons. The maximum absolute atomic E-state index is 5.87. The number of ether oxygens (including phenoxy) is 1. The number of rotatable bonds is 8. The molecular weight excluding hydrogens is 282 g/mol. The zero-order valence-electron chi connectivity index (χ0n) is 12.4. The van der Waals surface area contributed by atoms with Crippen molar-refractivity contribution in [3.8, 4) is 5.75 Å². The van der Waals surface area contributed by atoms with E-state index in [-0.39, 0.29) is 0 Å². The Kier molecular flexibility index (Phi) is 6.42. The van der Waals surface area contributed by atoms with Gasteiger partial charge in [-0.05, 0) is 48.4 Å². The van der Waals surface area contributed by atoms with Gasteiger partial charge in [-0.15, -0.1) is 0 Å². The second kappa shape index (κ2) is 8.58. The van der Waals surface area contributed by atoms with Gasteiger partial charge in [0.05, 0.1) is 6.61 Å². The van der Waals surface area contributed by atoms with Gasteiger partial charge in [-0.3, -0.25) is 0 Å². The van der Waals surface area contributed by atoms with Crippen molar-refractivity contribution in [3.63, 3.8) is 0 Å². The number of nitrogens with one attached hydrogen (secondary N) is 1. The summed E-state index contributed by atoms with van der Waals surface area (Å²) in [5.41, 5.74) is 2.30. The maximum Gasteiger partial charge on any atom is 0.119 e. The van der Waals surface area contributed by atoms with Crippen molar-refractivity contribution in [1.82, 2.24) is 0 Å². The van der Waals surface area contributed by atoms with Crippen LogP contribution in [0.15, 0.2) is 48.5 Å². The van der Waals surface area contributed by atoms with E-state index in [4.69, 9.17) is 16.3 Å². The molecule has 0 spiro atoms. The fourth-order valence-electron chi connectivity index (χ4n) is 2.02. The maximum atomic E-state index is 5.87. The number of hydrogen-bond donors (Lipinski definition) is 1. The van der Waals surface area contributed by atoms with Gasteiger partial charge in [0.1, 0.15) is 5.75 Å². The molecule has 2 aromatic carbocycles. The van der Waals surface area contributed by atoms with Gasteiger partial charge in [0.25, 0.3) is 0 Å². The summed E-state index contributed by atoms with van der Waals surface area (Å²) in [6, 6.07) is 16.0. The third-order valence-electron chi connectivity index (χ3n) is 3.28. The first-order chi connectivity index (χ1) is 10.3. The molecule has 0 aliphatic rings. The molecule has 0 bridgehead atoms. The van der Waals surface area contributed by atoms with Crippen molar-refractivity contribution in [2.75, 3.05) is 11.9 Å². The highest BCUT2D eigenvalue weighted by atomic mass is 35.5. The molecule has 21 heavy (non-hydrogen) atoms. The fourth-order valence-corrected chi connectivity index (χ4v) is 2.14. The van der Waals surface area contributed by atoms with Crippen molar-refractivity contribution in [2.24, 2.45) is 0 Å². The predicted octanol–water partition coefficient (Wildman–Crippen LogP) is 5.52. The molecule has 1 N–H and O–H groups in total. The molecule has 0 aromatic heterocycles. The topological polar surface area (TPSA) is 21.3 Å². The third kappa shape index (κ3) is 5.68. The smallest absolute Gasteiger partial charge is 0.119 e. The zero-order chi connectivity index (χ0) is 14.9. The highest BCUT2D eigenvalue weighted by Crippen LogP contribution is 2.16. The molecule has 0 saturated heterocycles. The van der Waals surface area contributed by atoms with Crippen molar-refractivity contribution >= 4 is 17.3 Å². The molecule has 3 heteroatoms. The minimum absolute atomic E-state index is 0.755. The molecular formula is C18H22ClNO. The van der Waals surface area contributed by atoms with Crippen LogP contribution in [0.3, 0.4) is 0 Å². The monoisotopic (exact) mass is 303 g/mol. The van der Waals surface area contributed by atoms with E-state index in [2.05, 4.69) is 24.4 Å². The van der Waals surface area contributed by atoms with Crippen LogP contribution in [0.4, 0.5) is 5.69 Å². The first-order valence-corrected chi connectivity index (χ1v) is 7.87. The van der Waals surface area contributed by atoms with E-state index in [1.807, 2.05) is 36.4 Å². The van der Waals surface area contributed by atoms with Gasteiger partial charge in [-0.2, -0.15) is 0 Å². The number of anilines is 1. The first-order valence-electron chi connectivity index (χ1n) is 7.49. The molecule has 0 unspecified atom stereocenters. The van der Waals surface area contributed by atoms with Crippen molar-refractivity contribution in [3.05, 3.63) is 59.1 Å². The standard InChI is InChI=1S/C18H22ClNO/c1-2-3-4-13-21-18-11-5-15(6-12-18)14-20-17-9-7-16(19)8-10-17/h5-12,20H,2-4,13-14H2,1H3. The average molecular weight is 304 g/mol. The lowest BCUT2D eigenvalue weighted by molar-refractivity contribution is 0.306. The van der Waals surface area contributed by atoms with Crippen molar-refractivity contribution in [2.45, 2.75) is 32.7 Å². The Bertz CT molecular complexity index is 522. The lowest BCUT2D eigenvalue weighted by Crippen LogP contribution is -2.00. The van der Waals surface area contributed by atoms with Crippen LogP contribution in [0.2, 0.25) is 5.02 Å². The van der Waals surface area contributed by atoms with Crippen LogP contribution in [0.1, 0.15) is 31.7 Å². The normalized spacial score (nSPS) is 10.4. The summed E-state index contributed by atoms with van der Waals surface area (Å²) in [5, 5.41) is 4.12. The average Bonchev–Trinajstić information content (AvgIpc) is 2.52. The molecule has 0 atom stereocenters. The first kappa shape index (κ1) is 15.7. The van der Waals surface area contributed by atoms with Gasteiger partial charge >= 0.3 is 0 Å². The number of benzene rings is 2. The summed E-state index contributed by atoms with van der Waals surface area (Å²) in [7, 11) is 0. The summed E-state index contributed by atoms with van der Waals surface area (Å²) in [5.74, 6) is 0.946. The van der Waals surface area contributed by atoms with E-state index < -0.39 is 0 Å². The molecule has 2 nitrogen and oxygen atoms in total. The Hall–Kier alpha value is -1.67. The number of hydrogen-bond acceptors (Lipinski definition) is 2. The SMILES string of the molecule is CCCCCOc1ccc(CNc2ccc(Cl)cc2)cc1. The van der Waals surface area contributed by atoms with Crippen LogP contribution in [0, 0.1) is 0 Å². The summed E-state index contributed by atoms with van der Waals surface area (Å²) in [4.78, 5) is 0. The summed E-state index contributed by atoms with van der Waals surface area (Å²) < 4.78 is 5.70. The second-order valence-electron chi connectivity index (χ2n) is 5.06. The van der Waals surface area contributed by atoms with E-state index in [9.17, 15) is 0 Å². The van der Waals surface area contributed by atoms with Crippen molar-refractivity contribution in [1.29, 1.82) is 0 Å². The molecule has 0 aliphatic heterocycles. The lowest BCUT2D eigenvalue weighted by atomic mass is 10.2. The molecule has 2 aromatic rings. The molecule has 0 saturated carbocycles. The van der Waals surface area contributed by atoms with Gasteiger partial charge in [-0.25, -0.2) is 0 Å². The van der Waals surface area contributed by atoms with Crippen LogP contribution >= 0.6 is 11.6 Å². The van der Waals surface area contributed by atoms with E-state index in [1.54, 1.807) is 0 Å². The summed E-state index contributed by atoms with van der Waals surface area (Å²) in [6.07, 6.45) is 3.57. The summed E-state index contributed by atoms with van der Waals surface area (Å²) >= 11 is 5.87. The molecule has 2 rings (SSSR count). The highest BCUT2D eigenvalue weighted by Gasteiger charge is 1.97. The number of unbranched alkanes of at least 4 members (excludes halogenated alkanes) is 2. The van der Waals surface area contributed by atoms with E-state index in [0.29, 0.717) is 0 Å². The predicted molar refractivity (Wildman–Crippen MR) is 90.2 cm³/mol. The zero-order valence-corrected chi connectivity index (χ0v) is 13.2. The Morgan fingerprint density at radius 1 is 0.952 bits per heavy atom. The minimum Gasteiger partial charge on any atom is -0.494 e. The van der Waals surface area contributed by atoms with Crippen LogP contribution < -0.4 is 10.1 Å². The molecule has 0 heterocycles. The van der Waals surface area contributed by atoms with E-state index in [1.165, 1.54) is 18.4 Å². The summed E-state index contributed by atoms with van der Waals surface area (Å²) in [6.45, 7) is 3.79. The van der Waals surface area contributed by atoms with Gasteiger partial charge in [0.15, 0.2) is 0 Å². The molecule has 0 fully saturated rings. The van der Waals surface area contributed by atoms with Crippen LogP contribution in [0.25, 0.3) is 0 Å². The van der Waals surface area contributed by atoms with Crippen LogP contribution in [-0.4, -0.2) is 6.61 Å². The molecule has 112 valence electrons. The Balaban J connectivity index is 1.78. The Labute approximate surface area is 132 Å². The van der Waals surface area contributed by atoms with Gasteiger partial charge in [0.2, 0.25) is 0 Å². The quantitative estimate of drug-likeness (QED) is 0.648. The second-order valence-corrected chi connectivity index (χ2v) is 5.50. The fraction of sp³-hybridized carbons (Fsp3) is 0.333. The Morgan fingerprint density at radius 3 is 2.33 bits per heavy atom. The van der Waals surface area contributed by atoms with Gasteiger partial charge < -0.3 is 10.1 Å². The highest BCUT2D eigenvalue weighted by molar-refractivity contribution is 6.30. The van der Waals surface area contributed by atoms with E-state index >= 15 is 0 Å². The van der Waals surface area contributed by atoms with Crippen molar-refractivity contribution < 1.29 is 4.74 Å². The Morgan fingerprint density at radius 2 is 1.67 bits per heavy atom.